The Kier molecular flexibility index (Phi) is 5.67. The highest BCUT2D eigenvalue weighted by molar-refractivity contribution is 6.11. The summed E-state index contributed by atoms with van der Waals surface area (Å²) in [5.41, 5.74) is 4.79. The average Bonchev–Trinajstić information content (AvgIpc) is 3.49. The van der Waals surface area contributed by atoms with Gasteiger partial charge in [-0.25, -0.2) is 0 Å². The van der Waals surface area contributed by atoms with E-state index >= 15 is 0 Å². The predicted octanol–water partition coefficient (Wildman–Crippen LogP) is 3.86. The summed E-state index contributed by atoms with van der Waals surface area (Å²) in [4.78, 5) is 15.4. The third-order valence-corrected chi connectivity index (χ3v) is 8.66. The van der Waals surface area contributed by atoms with Crippen molar-refractivity contribution >= 4 is 27.4 Å². The Hall–Kier alpha value is -3.53. The van der Waals surface area contributed by atoms with Crippen LogP contribution in [0.1, 0.15) is 40.8 Å². The third kappa shape index (κ3) is 3.60. The van der Waals surface area contributed by atoms with Crippen LogP contribution in [0.25, 0.3) is 21.5 Å². The molecule has 1 fully saturated rings. The SMILES string of the molecule is COc1cc2c3c(c4ccc(CO)cc4c2cc1CO)C[N+]1(Cc2c([N+](=O)[O-])ncn2C)CCC[C@@H]1C3. The molecular formula is C28H31N4O5+. The lowest BCUT2D eigenvalue weighted by Gasteiger charge is -2.44. The van der Waals surface area contributed by atoms with Crippen LogP contribution >= 0.6 is 0 Å². The number of aliphatic hydroxyl groups excluding tert-OH is 2. The molecule has 2 atom stereocenters. The van der Waals surface area contributed by atoms with Crippen molar-refractivity contribution in [3.8, 4) is 5.75 Å². The minimum absolute atomic E-state index is 0.0518. The van der Waals surface area contributed by atoms with Crippen LogP contribution < -0.4 is 4.74 Å². The van der Waals surface area contributed by atoms with E-state index in [1.807, 2.05) is 31.3 Å². The second-order valence-electron chi connectivity index (χ2n) is 10.5. The first-order valence-corrected chi connectivity index (χ1v) is 12.7. The molecule has 9 nitrogen and oxygen atoms in total. The molecule has 0 radical (unpaired) electrons. The Balaban J connectivity index is 1.59. The number of quaternary nitrogens is 1. The highest BCUT2D eigenvalue weighted by Gasteiger charge is 2.48. The number of imidazole rings is 1. The molecule has 0 aliphatic carbocycles. The van der Waals surface area contributed by atoms with Crippen LogP contribution in [0.3, 0.4) is 0 Å². The minimum atomic E-state index is -0.374. The maximum Gasteiger partial charge on any atom is 0.390 e. The molecule has 1 saturated heterocycles. The zero-order valence-corrected chi connectivity index (χ0v) is 21.1. The molecule has 1 unspecified atom stereocenters. The number of nitro groups is 1. The number of aliphatic hydroxyl groups is 2. The van der Waals surface area contributed by atoms with Crippen molar-refractivity contribution in [2.75, 3.05) is 13.7 Å². The summed E-state index contributed by atoms with van der Waals surface area (Å²) in [6, 6.07) is 10.5. The van der Waals surface area contributed by atoms with Crippen molar-refractivity contribution in [1.29, 1.82) is 0 Å². The molecule has 3 aromatic carbocycles. The molecular weight excluding hydrogens is 472 g/mol. The van der Waals surface area contributed by atoms with Crippen LogP contribution in [0.4, 0.5) is 5.82 Å². The molecule has 2 aliphatic rings. The maximum absolute atomic E-state index is 11.7. The fourth-order valence-electron chi connectivity index (χ4n) is 6.82. The number of aryl methyl sites for hydroxylation is 1. The van der Waals surface area contributed by atoms with Gasteiger partial charge < -0.3 is 34.1 Å². The van der Waals surface area contributed by atoms with Gasteiger partial charge in [0.05, 0.1) is 32.9 Å². The molecule has 0 spiro atoms. The second-order valence-corrected chi connectivity index (χ2v) is 10.5. The Bertz CT molecular complexity index is 1560. The van der Waals surface area contributed by atoms with Crippen LogP contribution in [0, 0.1) is 10.1 Å². The highest BCUT2D eigenvalue weighted by Crippen LogP contribution is 2.46. The first-order valence-electron chi connectivity index (χ1n) is 12.7. The van der Waals surface area contributed by atoms with Crippen LogP contribution in [-0.4, -0.2) is 48.9 Å². The summed E-state index contributed by atoms with van der Waals surface area (Å²) in [6.07, 6.45) is 4.56. The molecule has 2 N–H and O–H groups in total. The molecule has 192 valence electrons. The number of hydrogen-bond donors (Lipinski definition) is 2. The fraction of sp³-hybridized carbons (Fsp3) is 0.393. The quantitative estimate of drug-likeness (QED) is 0.179. The zero-order chi connectivity index (χ0) is 25.9. The van der Waals surface area contributed by atoms with Crippen molar-refractivity contribution in [2.45, 2.75) is 51.6 Å². The summed E-state index contributed by atoms with van der Waals surface area (Å²) in [6.45, 7) is 2.13. The van der Waals surface area contributed by atoms with Gasteiger partial charge in [0.1, 0.15) is 18.8 Å². The first kappa shape index (κ1) is 23.8. The van der Waals surface area contributed by atoms with Crippen molar-refractivity contribution in [3.63, 3.8) is 0 Å². The van der Waals surface area contributed by atoms with Gasteiger partial charge in [0, 0.05) is 37.4 Å². The van der Waals surface area contributed by atoms with Gasteiger partial charge in [0.15, 0.2) is 5.69 Å². The van der Waals surface area contributed by atoms with E-state index in [1.165, 1.54) is 11.1 Å². The molecule has 2 aliphatic heterocycles. The van der Waals surface area contributed by atoms with E-state index in [4.69, 9.17) is 4.74 Å². The van der Waals surface area contributed by atoms with Crippen molar-refractivity contribution in [2.24, 2.45) is 7.05 Å². The number of nitrogens with zero attached hydrogens (tertiary/aromatic N) is 4. The van der Waals surface area contributed by atoms with Gasteiger partial charge >= 0.3 is 5.82 Å². The summed E-state index contributed by atoms with van der Waals surface area (Å²) in [5, 5.41) is 35.9. The highest BCUT2D eigenvalue weighted by atomic mass is 16.6. The summed E-state index contributed by atoms with van der Waals surface area (Å²) < 4.78 is 8.21. The molecule has 0 bridgehead atoms. The van der Waals surface area contributed by atoms with Crippen molar-refractivity contribution in [3.05, 3.63) is 74.7 Å². The van der Waals surface area contributed by atoms with Crippen molar-refractivity contribution < 1.29 is 24.4 Å². The van der Waals surface area contributed by atoms with Gasteiger partial charge in [-0.1, -0.05) is 12.1 Å². The smallest absolute Gasteiger partial charge is 0.390 e. The van der Waals surface area contributed by atoms with Gasteiger partial charge in [-0.2, -0.15) is 0 Å². The lowest BCUT2D eigenvalue weighted by molar-refractivity contribution is -0.966. The van der Waals surface area contributed by atoms with Gasteiger partial charge in [0.25, 0.3) is 0 Å². The van der Waals surface area contributed by atoms with Crippen LogP contribution in [0.15, 0.2) is 36.7 Å². The fourth-order valence-corrected chi connectivity index (χ4v) is 6.82. The van der Waals surface area contributed by atoms with E-state index in [1.54, 1.807) is 18.0 Å². The number of rotatable bonds is 6. The van der Waals surface area contributed by atoms with Crippen molar-refractivity contribution in [1.82, 2.24) is 9.55 Å². The molecule has 1 aromatic heterocycles. The summed E-state index contributed by atoms with van der Waals surface area (Å²) >= 11 is 0. The monoisotopic (exact) mass is 503 g/mol. The predicted molar refractivity (Wildman–Crippen MR) is 139 cm³/mol. The van der Waals surface area contributed by atoms with Gasteiger partial charge in [-0.05, 0) is 60.8 Å². The lowest BCUT2D eigenvalue weighted by Crippen LogP contribution is -2.54. The van der Waals surface area contributed by atoms with E-state index in [-0.39, 0.29) is 24.0 Å². The van der Waals surface area contributed by atoms with Gasteiger partial charge in [0.2, 0.25) is 6.33 Å². The third-order valence-electron chi connectivity index (χ3n) is 8.66. The van der Waals surface area contributed by atoms with E-state index in [2.05, 4.69) is 11.1 Å². The standard InChI is InChI=1S/C28H31N4O5/c1-30-16-29-28(31(35)36)26(30)13-32-7-3-4-19(32)10-23-24-11-27(37-2)18(15-34)9-22(24)21-8-17(14-33)5-6-20(21)25(23)12-32/h5-6,8-9,11,16,19,33-34H,3-4,7,10,12-15H2,1-2H3/q+1/t19-,32?/m1/s1. The minimum Gasteiger partial charge on any atom is -0.496 e. The molecule has 4 aromatic rings. The molecule has 0 amide bonds. The van der Waals surface area contributed by atoms with E-state index in [0.717, 1.165) is 69.5 Å². The number of fused-ring (bicyclic) bond motifs is 7. The lowest BCUT2D eigenvalue weighted by atomic mass is 9.83. The number of methoxy groups -OCH3 is 1. The molecule has 6 rings (SSSR count). The van der Waals surface area contributed by atoms with Gasteiger partial charge in [-0.15, -0.1) is 0 Å². The first-order chi connectivity index (χ1) is 17.9. The number of benzene rings is 3. The average molecular weight is 504 g/mol. The number of ether oxygens (including phenoxy) is 1. The van der Waals surface area contributed by atoms with E-state index in [0.29, 0.717) is 24.0 Å². The largest absolute Gasteiger partial charge is 0.496 e. The van der Waals surface area contributed by atoms with Crippen LogP contribution in [0.2, 0.25) is 0 Å². The molecule has 3 heterocycles. The molecule has 9 heteroatoms. The van der Waals surface area contributed by atoms with E-state index < -0.39 is 0 Å². The Morgan fingerprint density at radius 2 is 1.95 bits per heavy atom. The summed E-state index contributed by atoms with van der Waals surface area (Å²) in [7, 11) is 3.46. The Morgan fingerprint density at radius 3 is 2.68 bits per heavy atom. The summed E-state index contributed by atoms with van der Waals surface area (Å²) in [5.74, 6) is 0.613. The second kappa shape index (κ2) is 8.79. The van der Waals surface area contributed by atoms with Crippen LogP contribution in [0.5, 0.6) is 5.75 Å². The zero-order valence-electron chi connectivity index (χ0n) is 21.1. The molecule has 0 saturated carbocycles. The number of aromatic nitrogens is 2. The topological polar surface area (TPSA) is 111 Å². The van der Waals surface area contributed by atoms with Gasteiger partial charge in [-0.3, -0.25) is 0 Å². The maximum atomic E-state index is 11.7. The Morgan fingerprint density at radius 1 is 1.14 bits per heavy atom. The normalized spacial score (nSPS) is 20.8. The molecule has 37 heavy (non-hydrogen) atoms. The van der Waals surface area contributed by atoms with Crippen LogP contribution in [-0.2, 0) is 39.8 Å². The van der Waals surface area contributed by atoms with E-state index in [9.17, 15) is 20.3 Å². The number of hydrogen-bond acceptors (Lipinski definition) is 6. The Labute approximate surface area is 214 Å².